The molecular formula is C23H25N3O3. The Labute approximate surface area is 170 Å². The van der Waals surface area contributed by atoms with Gasteiger partial charge in [-0.2, -0.15) is 0 Å². The van der Waals surface area contributed by atoms with E-state index in [-0.39, 0.29) is 18.2 Å². The first-order chi connectivity index (χ1) is 13.9. The number of carbonyl (C=O) groups is 2. The van der Waals surface area contributed by atoms with Crippen LogP contribution in [0.1, 0.15) is 44.9 Å². The van der Waals surface area contributed by atoms with Crippen molar-refractivity contribution in [2.45, 2.75) is 40.2 Å². The molecule has 1 heterocycles. The molecular weight excluding hydrogens is 366 g/mol. The first kappa shape index (κ1) is 20.3. The number of para-hydroxylation sites is 1. The van der Waals surface area contributed by atoms with Crippen LogP contribution in [0.15, 0.2) is 53.1 Å². The number of carbonyl (C=O) groups excluding carboxylic acids is 2. The lowest BCUT2D eigenvalue weighted by Crippen LogP contribution is -2.25. The molecule has 2 N–H and O–H groups in total. The highest BCUT2D eigenvalue weighted by molar-refractivity contribution is 6.03. The lowest BCUT2D eigenvalue weighted by Gasteiger charge is -2.12. The van der Waals surface area contributed by atoms with E-state index >= 15 is 0 Å². The minimum Gasteiger partial charge on any atom is -0.361 e. The Balaban J connectivity index is 1.61. The van der Waals surface area contributed by atoms with Crippen LogP contribution in [0.5, 0.6) is 0 Å². The van der Waals surface area contributed by atoms with Crippen molar-refractivity contribution in [1.82, 2.24) is 10.5 Å². The van der Waals surface area contributed by atoms with Crippen LogP contribution in [0, 0.1) is 20.8 Å². The standard InChI is InChI=1S/C23H25N3O3/c1-15-8-10-18(11-9-15)14-24-23(28)20-6-4-5-7-21(20)25-22(27)13-12-19-16(2)26-29-17(19)3/h4-11H,12-14H2,1-3H3,(H,24,28)(H,25,27). The molecule has 0 aliphatic carbocycles. The lowest BCUT2D eigenvalue weighted by atomic mass is 10.1. The van der Waals surface area contributed by atoms with Crippen LogP contribution in [0.2, 0.25) is 0 Å². The first-order valence-electron chi connectivity index (χ1n) is 9.58. The molecule has 2 aromatic carbocycles. The SMILES string of the molecule is Cc1ccc(CNC(=O)c2ccccc2NC(=O)CCc2c(C)noc2C)cc1. The van der Waals surface area contributed by atoms with E-state index in [0.29, 0.717) is 24.2 Å². The fourth-order valence-electron chi connectivity index (χ4n) is 3.08. The summed E-state index contributed by atoms with van der Waals surface area (Å²) in [5, 5.41) is 9.66. The summed E-state index contributed by atoms with van der Waals surface area (Å²) in [6.45, 7) is 6.14. The van der Waals surface area contributed by atoms with Crippen molar-refractivity contribution >= 4 is 17.5 Å². The number of benzene rings is 2. The van der Waals surface area contributed by atoms with Crippen LogP contribution >= 0.6 is 0 Å². The number of nitrogens with one attached hydrogen (secondary N) is 2. The van der Waals surface area contributed by atoms with E-state index in [9.17, 15) is 9.59 Å². The number of nitrogens with zero attached hydrogens (tertiary/aromatic N) is 1. The second-order valence-electron chi connectivity index (χ2n) is 7.06. The van der Waals surface area contributed by atoms with Gasteiger partial charge in [0.15, 0.2) is 0 Å². The first-order valence-corrected chi connectivity index (χ1v) is 9.58. The van der Waals surface area contributed by atoms with Crippen LogP contribution in [0.4, 0.5) is 5.69 Å². The quantitative estimate of drug-likeness (QED) is 0.635. The molecule has 0 fully saturated rings. The molecule has 0 saturated heterocycles. The molecule has 1 aromatic heterocycles. The van der Waals surface area contributed by atoms with Gasteiger partial charge < -0.3 is 15.2 Å². The summed E-state index contributed by atoms with van der Waals surface area (Å²) >= 11 is 0. The Bertz CT molecular complexity index is 987. The zero-order valence-electron chi connectivity index (χ0n) is 16.9. The number of rotatable bonds is 7. The zero-order chi connectivity index (χ0) is 20.8. The monoisotopic (exact) mass is 391 g/mol. The zero-order valence-corrected chi connectivity index (χ0v) is 16.9. The molecule has 0 atom stereocenters. The summed E-state index contributed by atoms with van der Waals surface area (Å²) < 4.78 is 5.13. The number of aryl methyl sites for hydroxylation is 3. The Morgan fingerprint density at radius 2 is 1.72 bits per heavy atom. The van der Waals surface area contributed by atoms with Crippen molar-refractivity contribution in [2.24, 2.45) is 0 Å². The molecule has 6 nitrogen and oxygen atoms in total. The minimum absolute atomic E-state index is 0.163. The average Bonchev–Trinajstić information content (AvgIpc) is 3.03. The number of anilines is 1. The van der Waals surface area contributed by atoms with E-state index in [4.69, 9.17) is 4.52 Å². The lowest BCUT2D eigenvalue weighted by molar-refractivity contribution is -0.116. The Morgan fingerprint density at radius 1 is 1.00 bits per heavy atom. The molecule has 0 unspecified atom stereocenters. The second kappa shape index (κ2) is 9.19. The van der Waals surface area contributed by atoms with Crippen LogP contribution in [-0.2, 0) is 17.8 Å². The summed E-state index contributed by atoms with van der Waals surface area (Å²) in [4.78, 5) is 25.1. The van der Waals surface area contributed by atoms with Gasteiger partial charge in [0.05, 0.1) is 16.9 Å². The summed E-state index contributed by atoms with van der Waals surface area (Å²) in [7, 11) is 0. The Kier molecular flexibility index (Phi) is 6.44. The molecule has 3 aromatic rings. The maximum Gasteiger partial charge on any atom is 0.253 e. The van der Waals surface area contributed by atoms with Gasteiger partial charge in [0.25, 0.3) is 5.91 Å². The summed E-state index contributed by atoms with van der Waals surface area (Å²) in [6.07, 6.45) is 0.816. The highest BCUT2D eigenvalue weighted by Crippen LogP contribution is 2.18. The normalized spacial score (nSPS) is 10.6. The predicted octanol–water partition coefficient (Wildman–Crippen LogP) is 4.10. The van der Waals surface area contributed by atoms with Crippen LogP contribution in [0.3, 0.4) is 0 Å². The van der Waals surface area contributed by atoms with Gasteiger partial charge in [0.1, 0.15) is 5.76 Å². The van der Waals surface area contributed by atoms with E-state index < -0.39 is 0 Å². The molecule has 0 aliphatic rings. The third-order valence-corrected chi connectivity index (χ3v) is 4.80. The Morgan fingerprint density at radius 3 is 2.41 bits per heavy atom. The van der Waals surface area contributed by atoms with Gasteiger partial charge in [-0.25, -0.2) is 0 Å². The van der Waals surface area contributed by atoms with Crippen LogP contribution < -0.4 is 10.6 Å². The molecule has 29 heavy (non-hydrogen) atoms. The maximum atomic E-state index is 12.6. The van der Waals surface area contributed by atoms with Gasteiger partial charge in [-0.15, -0.1) is 0 Å². The number of hydrogen-bond acceptors (Lipinski definition) is 4. The molecule has 150 valence electrons. The van der Waals surface area contributed by atoms with Crippen molar-refractivity contribution in [1.29, 1.82) is 0 Å². The molecule has 6 heteroatoms. The van der Waals surface area contributed by atoms with Crippen LogP contribution in [0.25, 0.3) is 0 Å². The molecule has 0 bridgehead atoms. The van der Waals surface area contributed by atoms with E-state index in [1.165, 1.54) is 5.56 Å². The van der Waals surface area contributed by atoms with Crippen molar-refractivity contribution in [3.8, 4) is 0 Å². The van der Waals surface area contributed by atoms with Crippen molar-refractivity contribution in [2.75, 3.05) is 5.32 Å². The van der Waals surface area contributed by atoms with Crippen molar-refractivity contribution in [3.05, 3.63) is 82.2 Å². The molecule has 0 saturated carbocycles. The van der Waals surface area contributed by atoms with E-state index in [1.807, 2.05) is 45.0 Å². The van der Waals surface area contributed by atoms with Gasteiger partial charge in [-0.1, -0.05) is 47.1 Å². The smallest absolute Gasteiger partial charge is 0.253 e. The minimum atomic E-state index is -0.229. The topological polar surface area (TPSA) is 84.2 Å². The highest BCUT2D eigenvalue weighted by Gasteiger charge is 2.15. The molecule has 3 rings (SSSR count). The van der Waals surface area contributed by atoms with E-state index in [0.717, 1.165) is 22.6 Å². The largest absolute Gasteiger partial charge is 0.361 e. The number of hydrogen-bond donors (Lipinski definition) is 2. The third-order valence-electron chi connectivity index (χ3n) is 4.80. The van der Waals surface area contributed by atoms with Crippen LogP contribution in [-0.4, -0.2) is 17.0 Å². The molecule has 2 amide bonds. The van der Waals surface area contributed by atoms with Gasteiger partial charge in [0.2, 0.25) is 5.91 Å². The van der Waals surface area contributed by atoms with Gasteiger partial charge >= 0.3 is 0 Å². The number of aromatic nitrogens is 1. The summed E-state index contributed by atoms with van der Waals surface area (Å²) in [5.74, 6) is 0.335. The fourth-order valence-corrected chi connectivity index (χ4v) is 3.08. The Hall–Kier alpha value is -3.41. The van der Waals surface area contributed by atoms with Gasteiger partial charge in [0, 0.05) is 18.5 Å². The summed E-state index contributed by atoms with van der Waals surface area (Å²) in [5.41, 5.74) is 4.87. The summed E-state index contributed by atoms with van der Waals surface area (Å²) in [6, 6.07) is 15.0. The third kappa shape index (κ3) is 5.31. The van der Waals surface area contributed by atoms with Crippen molar-refractivity contribution < 1.29 is 14.1 Å². The average molecular weight is 391 g/mol. The van der Waals surface area contributed by atoms with Gasteiger partial charge in [-0.3, -0.25) is 9.59 Å². The molecule has 0 spiro atoms. The second-order valence-corrected chi connectivity index (χ2v) is 7.06. The predicted molar refractivity (Wildman–Crippen MR) is 112 cm³/mol. The highest BCUT2D eigenvalue weighted by atomic mass is 16.5. The molecule has 0 radical (unpaired) electrons. The van der Waals surface area contributed by atoms with Crippen molar-refractivity contribution in [3.63, 3.8) is 0 Å². The van der Waals surface area contributed by atoms with E-state index in [1.54, 1.807) is 24.3 Å². The number of amides is 2. The van der Waals surface area contributed by atoms with Gasteiger partial charge in [-0.05, 0) is 44.9 Å². The van der Waals surface area contributed by atoms with E-state index in [2.05, 4.69) is 15.8 Å². The maximum absolute atomic E-state index is 12.6. The fraction of sp³-hybridized carbons (Fsp3) is 0.261. The molecule has 0 aliphatic heterocycles.